The summed E-state index contributed by atoms with van der Waals surface area (Å²) in [7, 11) is 0. The summed E-state index contributed by atoms with van der Waals surface area (Å²) >= 11 is 4.46. The Morgan fingerprint density at radius 2 is 2.17 bits per heavy atom. The Kier molecular flexibility index (Phi) is 3.77. The molecule has 1 N–H and O–H groups in total. The molecule has 1 aromatic carbocycles. The Morgan fingerprint density at radius 3 is 2.72 bits per heavy atom. The minimum absolute atomic E-state index is 0.161. The summed E-state index contributed by atoms with van der Waals surface area (Å²) in [5, 5.41) is 3.36. The van der Waals surface area contributed by atoms with Crippen molar-refractivity contribution in [3.63, 3.8) is 0 Å². The van der Waals surface area contributed by atoms with E-state index in [1.807, 2.05) is 6.92 Å². The molecule has 0 saturated heterocycles. The van der Waals surface area contributed by atoms with E-state index in [9.17, 15) is 9.18 Å². The van der Waals surface area contributed by atoms with Crippen LogP contribution >= 0.6 is 27.3 Å². The van der Waals surface area contributed by atoms with Gasteiger partial charge in [0.1, 0.15) is 10.7 Å². The summed E-state index contributed by atoms with van der Waals surface area (Å²) in [6.07, 6.45) is 0. The highest BCUT2D eigenvalue weighted by atomic mass is 79.9. The molecule has 6 heteroatoms. The lowest BCUT2D eigenvalue weighted by Crippen LogP contribution is -2.12. The number of anilines is 1. The molecule has 0 unspecified atom stereocenters. The van der Waals surface area contributed by atoms with Gasteiger partial charge in [-0.1, -0.05) is 15.9 Å². The molecule has 1 amide bonds. The zero-order chi connectivity index (χ0) is 13.3. The number of carbonyl (C=O) groups excluding carboxylic acids is 1. The first-order valence-corrected chi connectivity index (χ1v) is 6.79. The molecular weight excluding hydrogens is 319 g/mol. The van der Waals surface area contributed by atoms with Gasteiger partial charge < -0.3 is 5.32 Å². The minimum Gasteiger partial charge on any atom is -0.319 e. The fourth-order valence-corrected chi connectivity index (χ4v) is 2.66. The number of benzene rings is 1. The number of aromatic nitrogens is 1. The molecule has 1 aromatic heterocycles. The second-order valence-corrected chi connectivity index (χ2v) is 5.84. The van der Waals surface area contributed by atoms with Gasteiger partial charge in [0.25, 0.3) is 5.91 Å². The van der Waals surface area contributed by atoms with Gasteiger partial charge in [0.05, 0.1) is 16.4 Å². The molecule has 2 aromatic rings. The van der Waals surface area contributed by atoms with Crippen molar-refractivity contribution in [2.45, 2.75) is 13.8 Å². The Labute approximate surface area is 116 Å². The quantitative estimate of drug-likeness (QED) is 0.907. The van der Waals surface area contributed by atoms with Crippen molar-refractivity contribution >= 4 is 38.9 Å². The molecule has 2 rings (SSSR count). The summed E-state index contributed by atoms with van der Waals surface area (Å²) in [6.45, 7) is 3.59. The highest BCUT2D eigenvalue weighted by molar-refractivity contribution is 9.10. The van der Waals surface area contributed by atoms with Crippen LogP contribution in [0.3, 0.4) is 0 Å². The molecule has 0 aliphatic heterocycles. The summed E-state index contributed by atoms with van der Waals surface area (Å²) in [5.74, 6) is -0.809. The maximum Gasteiger partial charge on any atom is 0.267 e. The zero-order valence-corrected chi connectivity index (χ0v) is 12.2. The van der Waals surface area contributed by atoms with Crippen molar-refractivity contribution in [2.24, 2.45) is 0 Å². The standard InChI is InChI=1S/C12H10BrFN2OS/c1-6-11(18-7(2)15-6)12(17)16-10-4-3-8(13)5-9(10)14/h3-5H,1-2H3,(H,16,17). The molecule has 0 aliphatic rings. The fraction of sp³-hybridized carbons (Fsp3) is 0.167. The molecule has 1 heterocycles. The highest BCUT2D eigenvalue weighted by Crippen LogP contribution is 2.22. The zero-order valence-electron chi connectivity index (χ0n) is 9.75. The van der Waals surface area contributed by atoms with Crippen LogP contribution in [-0.2, 0) is 0 Å². The molecule has 0 aliphatic carbocycles. The summed E-state index contributed by atoms with van der Waals surface area (Å²) < 4.78 is 14.2. The number of nitrogens with zero attached hydrogens (tertiary/aromatic N) is 1. The van der Waals surface area contributed by atoms with Crippen LogP contribution in [0.15, 0.2) is 22.7 Å². The van der Waals surface area contributed by atoms with Crippen LogP contribution in [0, 0.1) is 19.7 Å². The number of hydrogen-bond acceptors (Lipinski definition) is 3. The van der Waals surface area contributed by atoms with Crippen molar-refractivity contribution in [1.29, 1.82) is 0 Å². The Hall–Kier alpha value is -1.27. The maximum absolute atomic E-state index is 13.6. The number of rotatable bonds is 2. The van der Waals surface area contributed by atoms with Gasteiger partial charge in [0.2, 0.25) is 0 Å². The topological polar surface area (TPSA) is 42.0 Å². The van der Waals surface area contributed by atoms with Gasteiger partial charge in [-0.25, -0.2) is 9.37 Å². The monoisotopic (exact) mass is 328 g/mol. The van der Waals surface area contributed by atoms with Gasteiger partial charge >= 0.3 is 0 Å². The average Bonchev–Trinajstić information content (AvgIpc) is 2.62. The number of hydrogen-bond donors (Lipinski definition) is 1. The molecule has 0 atom stereocenters. The molecule has 18 heavy (non-hydrogen) atoms. The van der Waals surface area contributed by atoms with E-state index in [0.717, 1.165) is 5.01 Å². The number of aryl methyl sites for hydroxylation is 2. The van der Waals surface area contributed by atoms with Gasteiger partial charge in [-0.15, -0.1) is 11.3 Å². The minimum atomic E-state index is -0.475. The van der Waals surface area contributed by atoms with Crippen LogP contribution in [0.4, 0.5) is 10.1 Å². The molecule has 0 fully saturated rings. The smallest absolute Gasteiger partial charge is 0.267 e. The fourth-order valence-electron chi connectivity index (χ4n) is 1.51. The largest absolute Gasteiger partial charge is 0.319 e. The van der Waals surface area contributed by atoms with Crippen molar-refractivity contribution in [3.05, 3.63) is 44.1 Å². The van der Waals surface area contributed by atoms with Crippen LogP contribution in [0.25, 0.3) is 0 Å². The van der Waals surface area contributed by atoms with Gasteiger partial charge in [0.15, 0.2) is 0 Å². The first-order valence-electron chi connectivity index (χ1n) is 5.18. The van der Waals surface area contributed by atoms with E-state index in [-0.39, 0.29) is 11.6 Å². The number of halogens is 2. The summed E-state index contributed by atoms with van der Waals surface area (Å²) in [4.78, 5) is 16.6. The third-order valence-electron chi connectivity index (χ3n) is 2.29. The van der Waals surface area contributed by atoms with Crippen molar-refractivity contribution < 1.29 is 9.18 Å². The molecular formula is C12H10BrFN2OS. The second-order valence-electron chi connectivity index (χ2n) is 3.73. The van der Waals surface area contributed by atoms with Gasteiger partial charge in [-0.2, -0.15) is 0 Å². The Morgan fingerprint density at radius 1 is 1.44 bits per heavy atom. The van der Waals surface area contributed by atoms with E-state index in [4.69, 9.17) is 0 Å². The van der Waals surface area contributed by atoms with Crippen molar-refractivity contribution in [2.75, 3.05) is 5.32 Å². The molecule has 0 radical (unpaired) electrons. The first kappa shape index (κ1) is 13.2. The van der Waals surface area contributed by atoms with Gasteiger partial charge in [-0.05, 0) is 32.0 Å². The molecule has 0 spiro atoms. The van der Waals surface area contributed by atoms with Gasteiger partial charge in [-0.3, -0.25) is 4.79 Å². The van der Waals surface area contributed by atoms with Crippen LogP contribution in [-0.4, -0.2) is 10.9 Å². The second kappa shape index (κ2) is 5.16. The Balaban J connectivity index is 2.24. The summed E-state index contributed by atoms with van der Waals surface area (Å²) in [6, 6.07) is 4.49. The van der Waals surface area contributed by atoms with E-state index < -0.39 is 5.82 Å². The number of amides is 1. The lowest BCUT2D eigenvalue weighted by atomic mass is 10.3. The lowest BCUT2D eigenvalue weighted by Gasteiger charge is -2.05. The van der Waals surface area contributed by atoms with Gasteiger partial charge in [0, 0.05) is 4.47 Å². The van der Waals surface area contributed by atoms with Crippen LogP contribution in [0.5, 0.6) is 0 Å². The van der Waals surface area contributed by atoms with Crippen molar-refractivity contribution in [3.8, 4) is 0 Å². The van der Waals surface area contributed by atoms with Crippen LogP contribution in [0.2, 0.25) is 0 Å². The molecule has 0 saturated carbocycles. The first-order chi connectivity index (χ1) is 8.47. The molecule has 3 nitrogen and oxygen atoms in total. The van der Waals surface area contributed by atoms with E-state index in [2.05, 4.69) is 26.2 Å². The Bertz CT molecular complexity index is 612. The predicted octanol–water partition coefficient (Wildman–Crippen LogP) is 3.91. The number of carbonyl (C=O) groups is 1. The molecule has 0 bridgehead atoms. The normalized spacial score (nSPS) is 10.4. The third kappa shape index (κ3) is 2.76. The van der Waals surface area contributed by atoms with E-state index in [0.29, 0.717) is 15.0 Å². The van der Waals surface area contributed by atoms with Crippen LogP contribution < -0.4 is 5.32 Å². The predicted molar refractivity (Wildman–Crippen MR) is 73.6 cm³/mol. The van der Waals surface area contributed by atoms with E-state index in [1.165, 1.54) is 23.5 Å². The summed E-state index contributed by atoms with van der Waals surface area (Å²) in [5.41, 5.74) is 0.821. The maximum atomic E-state index is 13.6. The highest BCUT2D eigenvalue weighted by Gasteiger charge is 2.15. The average molecular weight is 329 g/mol. The van der Waals surface area contributed by atoms with E-state index >= 15 is 0 Å². The SMILES string of the molecule is Cc1nc(C)c(C(=O)Nc2ccc(Br)cc2F)s1. The van der Waals surface area contributed by atoms with E-state index in [1.54, 1.807) is 13.0 Å². The molecule has 94 valence electrons. The number of thiazole rings is 1. The number of nitrogens with one attached hydrogen (secondary N) is 1. The lowest BCUT2D eigenvalue weighted by molar-refractivity contribution is 0.102. The van der Waals surface area contributed by atoms with Crippen LogP contribution in [0.1, 0.15) is 20.4 Å². The van der Waals surface area contributed by atoms with Crippen molar-refractivity contribution in [1.82, 2.24) is 4.98 Å². The third-order valence-corrected chi connectivity index (χ3v) is 3.85.